The summed E-state index contributed by atoms with van der Waals surface area (Å²) in [6, 6.07) is 19.1. The van der Waals surface area contributed by atoms with Crippen LogP contribution in [0, 0.1) is 0 Å². The molecule has 0 saturated carbocycles. The summed E-state index contributed by atoms with van der Waals surface area (Å²) >= 11 is 0. The molecule has 2 atom stereocenters. The van der Waals surface area contributed by atoms with Crippen LogP contribution in [0.25, 0.3) is 0 Å². The van der Waals surface area contributed by atoms with Crippen LogP contribution in [0.3, 0.4) is 0 Å². The summed E-state index contributed by atoms with van der Waals surface area (Å²) in [4.78, 5) is 52.0. The summed E-state index contributed by atoms with van der Waals surface area (Å²) in [6.45, 7) is 5.63. The summed E-state index contributed by atoms with van der Waals surface area (Å²) < 4.78 is 47.9. The van der Waals surface area contributed by atoms with Crippen LogP contribution >= 0.6 is 0 Å². The van der Waals surface area contributed by atoms with E-state index in [-0.39, 0.29) is 43.7 Å². The highest BCUT2D eigenvalue weighted by atomic mass is 32.2. The minimum absolute atomic E-state index is 0.00997. The number of piperidine rings is 1. The number of fused-ring (bicyclic) bond motifs is 1. The summed E-state index contributed by atoms with van der Waals surface area (Å²) in [5, 5.41) is 11.2. The minimum atomic E-state index is -3.57. The number of aliphatic hydroxyl groups is 1. The van der Waals surface area contributed by atoms with Crippen molar-refractivity contribution in [3.63, 3.8) is 0 Å². The first kappa shape index (κ1) is 37.7. The van der Waals surface area contributed by atoms with Gasteiger partial charge in [-0.1, -0.05) is 6.07 Å². The number of rotatable bonds is 10. The van der Waals surface area contributed by atoms with Crippen molar-refractivity contribution < 1.29 is 55.8 Å². The number of carbonyl (C=O) groups excluding carboxylic acids is 4. The molecule has 3 aromatic rings. The average molecular weight is 752 g/mol. The van der Waals surface area contributed by atoms with E-state index in [2.05, 4.69) is 9.08 Å². The van der Waals surface area contributed by atoms with Gasteiger partial charge < -0.3 is 24.1 Å². The standard InChI is InChI=1S/C24H26N2O6.C13H15NO6S/c1-16(27)17-2-5-19(6-3-17)26-14-20(32-23(26)28)13-25-10-8-24(29,9-11-25)18-4-7-21-22(12-18)31-15-30-21;1-9(15)10-3-5-11(6-4-10)14-7-12(20-13(14)16)8-19-21(2,17)18/h2-7,12,20,29H,8-11,13-15H2,1H3;3-6,12H,7-8H2,1-2H3. The predicted molar refractivity (Wildman–Crippen MR) is 191 cm³/mol. The predicted octanol–water partition coefficient (Wildman–Crippen LogP) is 4.12. The molecule has 0 spiro atoms. The van der Waals surface area contributed by atoms with Gasteiger partial charge in [-0.2, -0.15) is 8.42 Å². The van der Waals surface area contributed by atoms with Gasteiger partial charge in [0.1, 0.15) is 18.8 Å². The smallest absolute Gasteiger partial charge is 0.414 e. The van der Waals surface area contributed by atoms with Crippen LogP contribution in [0.2, 0.25) is 0 Å². The molecule has 2 amide bonds. The van der Waals surface area contributed by atoms with Gasteiger partial charge in [-0.3, -0.25) is 28.5 Å². The van der Waals surface area contributed by atoms with Crippen molar-refractivity contribution in [2.75, 3.05) is 62.2 Å². The van der Waals surface area contributed by atoms with Crippen LogP contribution in [0.1, 0.15) is 53.0 Å². The van der Waals surface area contributed by atoms with E-state index in [1.165, 1.54) is 18.7 Å². The number of hydrogen-bond acceptors (Lipinski definition) is 13. The molecular formula is C37H41N3O12S. The number of benzene rings is 3. The second kappa shape index (κ2) is 15.5. The van der Waals surface area contributed by atoms with Crippen LogP contribution in [0.15, 0.2) is 66.7 Å². The summed E-state index contributed by atoms with van der Waals surface area (Å²) in [5.41, 5.74) is 2.39. The lowest BCUT2D eigenvalue weighted by Crippen LogP contribution is -2.45. The number of hydrogen-bond donors (Lipinski definition) is 1. The fourth-order valence-corrected chi connectivity index (χ4v) is 6.87. The maximum absolute atomic E-state index is 12.4. The molecule has 53 heavy (non-hydrogen) atoms. The molecule has 0 aliphatic carbocycles. The molecule has 15 nitrogen and oxygen atoms in total. The van der Waals surface area contributed by atoms with Crippen LogP contribution in [0.4, 0.5) is 21.0 Å². The molecule has 4 aliphatic rings. The number of amides is 2. The van der Waals surface area contributed by atoms with Gasteiger partial charge >= 0.3 is 12.2 Å². The third-order valence-corrected chi connectivity index (χ3v) is 10.0. The third-order valence-electron chi connectivity index (χ3n) is 9.44. The minimum Gasteiger partial charge on any atom is -0.454 e. The zero-order valence-electron chi connectivity index (χ0n) is 29.6. The SMILES string of the molecule is CC(=O)c1ccc(N2CC(CN3CCC(O)(c4ccc5c(c4)OCO5)CC3)OC2=O)cc1.CC(=O)c1ccc(N2CC(COS(C)(=O)=O)OC2=O)cc1. The molecule has 0 bridgehead atoms. The monoisotopic (exact) mass is 751 g/mol. The van der Waals surface area contributed by atoms with E-state index < -0.39 is 27.9 Å². The van der Waals surface area contributed by atoms with E-state index in [4.69, 9.17) is 18.9 Å². The fraction of sp³-hybridized carbons (Fsp3) is 0.405. The lowest BCUT2D eigenvalue weighted by Gasteiger charge is -2.39. The summed E-state index contributed by atoms with van der Waals surface area (Å²) in [5.74, 6) is 1.31. The van der Waals surface area contributed by atoms with E-state index in [1.54, 1.807) is 53.4 Å². The quantitative estimate of drug-likeness (QED) is 0.231. The molecule has 282 valence electrons. The summed E-state index contributed by atoms with van der Waals surface area (Å²) in [6.07, 6.45) is 0.258. The van der Waals surface area contributed by atoms with Gasteiger partial charge in [0.25, 0.3) is 10.1 Å². The number of likely N-dealkylation sites (tertiary alicyclic amines) is 1. The van der Waals surface area contributed by atoms with Crippen LogP contribution in [-0.2, 0) is 29.4 Å². The van der Waals surface area contributed by atoms with Crippen LogP contribution in [0.5, 0.6) is 11.5 Å². The van der Waals surface area contributed by atoms with E-state index >= 15 is 0 Å². The van der Waals surface area contributed by atoms with Gasteiger partial charge in [-0.25, -0.2) is 9.59 Å². The van der Waals surface area contributed by atoms with Crippen LogP contribution in [-0.4, -0.2) is 107 Å². The van der Waals surface area contributed by atoms with Crippen molar-refractivity contribution in [2.45, 2.75) is 44.5 Å². The first-order valence-electron chi connectivity index (χ1n) is 17.0. The van der Waals surface area contributed by atoms with Crippen molar-refractivity contribution in [2.24, 2.45) is 0 Å². The maximum atomic E-state index is 12.4. The Bertz CT molecular complexity index is 1960. The third kappa shape index (κ3) is 9.14. The highest BCUT2D eigenvalue weighted by Gasteiger charge is 2.39. The first-order chi connectivity index (χ1) is 25.2. The Balaban J connectivity index is 0.000000199. The van der Waals surface area contributed by atoms with Crippen molar-refractivity contribution in [3.8, 4) is 11.5 Å². The Hall–Kier alpha value is -5.03. The van der Waals surface area contributed by atoms with Crippen molar-refractivity contribution in [1.29, 1.82) is 0 Å². The van der Waals surface area contributed by atoms with Gasteiger partial charge in [0, 0.05) is 42.1 Å². The van der Waals surface area contributed by atoms with Gasteiger partial charge in [-0.05, 0) is 92.9 Å². The molecule has 0 aromatic heterocycles. The normalized spacial score (nSPS) is 20.8. The highest BCUT2D eigenvalue weighted by Crippen LogP contribution is 2.40. The Kier molecular flexibility index (Phi) is 11.0. The van der Waals surface area contributed by atoms with Gasteiger partial charge in [0.15, 0.2) is 23.1 Å². The zero-order valence-corrected chi connectivity index (χ0v) is 30.4. The number of nitrogens with zero attached hydrogens (tertiary/aromatic N) is 3. The molecule has 0 radical (unpaired) electrons. The number of anilines is 2. The Labute approximate surface area is 307 Å². The number of carbonyl (C=O) groups is 4. The molecule has 7 rings (SSSR count). The topological polar surface area (TPSA) is 179 Å². The lowest BCUT2D eigenvalue weighted by molar-refractivity contribution is -0.0326. The van der Waals surface area contributed by atoms with Crippen molar-refractivity contribution in [3.05, 3.63) is 83.4 Å². The van der Waals surface area contributed by atoms with E-state index in [1.807, 2.05) is 18.2 Å². The molecule has 1 N–H and O–H groups in total. The van der Waals surface area contributed by atoms with E-state index in [0.717, 1.165) is 17.5 Å². The number of ketones is 2. The van der Waals surface area contributed by atoms with Crippen LogP contribution < -0.4 is 19.3 Å². The van der Waals surface area contributed by atoms with E-state index in [0.29, 0.717) is 67.3 Å². The van der Waals surface area contributed by atoms with Gasteiger partial charge in [0.2, 0.25) is 6.79 Å². The zero-order chi connectivity index (χ0) is 37.9. The Morgan fingerprint density at radius 3 is 1.83 bits per heavy atom. The summed E-state index contributed by atoms with van der Waals surface area (Å²) in [7, 11) is -3.57. The molecule has 2 unspecified atom stereocenters. The maximum Gasteiger partial charge on any atom is 0.414 e. The molecule has 3 fully saturated rings. The van der Waals surface area contributed by atoms with Crippen molar-refractivity contribution >= 4 is 45.2 Å². The fourth-order valence-electron chi connectivity index (χ4n) is 6.47. The van der Waals surface area contributed by atoms with E-state index in [9.17, 15) is 32.7 Å². The molecule has 3 aromatic carbocycles. The number of cyclic esters (lactones) is 2. The van der Waals surface area contributed by atoms with Crippen molar-refractivity contribution in [1.82, 2.24) is 4.90 Å². The number of Topliss-reactive ketones (excluding diaryl/α,β-unsaturated/α-hetero) is 2. The highest BCUT2D eigenvalue weighted by molar-refractivity contribution is 7.85. The van der Waals surface area contributed by atoms with Gasteiger partial charge in [0.05, 0.1) is 24.9 Å². The average Bonchev–Trinajstić information content (AvgIpc) is 3.86. The second-order valence-electron chi connectivity index (χ2n) is 13.3. The Morgan fingerprint density at radius 1 is 0.792 bits per heavy atom. The van der Waals surface area contributed by atoms with Gasteiger partial charge in [-0.15, -0.1) is 0 Å². The Morgan fingerprint density at radius 2 is 1.30 bits per heavy atom. The molecule has 4 aliphatic heterocycles. The molecule has 3 saturated heterocycles. The lowest BCUT2D eigenvalue weighted by atomic mass is 9.84. The number of ether oxygens (including phenoxy) is 4. The molecular weight excluding hydrogens is 710 g/mol. The molecule has 16 heteroatoms. The second-order valence-corrected chi connectivity index (χ2v) is 15.0. The molecule has 4 heterocycles. The first-order valence-corrected chi connectivity index (χ1v) is 18.9. The largest absolute Gasteiger partial charge is 0.454 e.